The van der Waals surface area contributed by atoms with Gasteiger partial charge in [0.1, 0.15) is 0 Å². The summed E-state index contributed by atoms with van der Waals surface area (Å²) < 4.78 is 1.01. The van der Waals surface area contributed by atoms with Crippen molar-refractivity contribution in [3.05, 3.63) is 10.8 Å². The summed E-state index contributed by atoms with van der Waals surface area (Å²) in [6.07, 6.45) is 0. The van der Waals surface area contributed by atoms with Gasteiger partial charge in [-0.2, -0.15) is 19.4 Å². The minimum Gasteiger partial charge on any atom is -0.514 e. The lowest BCUT2D eigenvalue weighted by Crippen LogP contribution is -2.37. The van der Waals surface area contributed by atoms with Gasteiger partial charge >= 0.3 is 17.3 Å². The Hall–Kier alpha value is -3.34. The smallest absolute Gasteiger partial charge is 0.474 e. The Morgan fingerprint density at radius 3 is 2.36 bits per heavy atom. The molecule has 2 aromatic heterocycles. The van der Waals surface area contributed by atoms with Crippen molar-refractivity contribution in [1.29, 1.82) is 0 Å². The molecule has 0 unspecified atom stereocenters. The molecule has 116 valence electrons. The van der Waals surface area contributed by atoms with Crippen LogP contribution < -0.4 is 21.1 Å². The molecule has 6 N–H and O–H groups in total. The molecule has 0 saturated heterocycles. The first-order chi connectivity index (χ1) is 10.4. The largest absolute Gasteiger partial charge is 0.514 e. The molecule has 0 amide bonds. The lowest BCUT2D eigenvalue weighted by molar-refractivity contribution is -0.244. The zero-order valence-corrected chi connectivity index (χ0v) is 10.2. The van der Waals surface area contributed by atoms with Crippen molar-refractivity contribution in [2.75, 3.05) is 10.5 Å². The third-order valence-corrected chi connectivity index (χ3v) is 2.39. The van der Waals surface area contributed by atoms with E-state index in [1.54, 1.807) is 0 Å². The van der Waals surface area contributed by atoms with Crippen molar-refractivity contribution >= 4 is 29.6 Å². The van der Waals surface area contributed by atoms with Crippen LogP contribution in [0, 0.1) is 5.21 Å². The molecule has 0 saturated carbocycles. The van der Waals surface area contributed by atoms with Crippen LogP contribution in [0.2, 0.25) is 0 Å². The van der Waals surface area contributed by atoms with Gasteiger partial charge in [0.25, 0.3) is 11.9 Å². The maximum absolute atomic E-state index is 10.9. The normalized spacial score (nSPS) is 14.3. The molecule has 22 heavy (non-hydrogen) atoms. The number of nitrogens with zero attached hydrogens (tertiary/aromatic N) is 9. The van der Waals surface area contributed by atoms with Crippen molar-refractivity contribution in [1.82, 2.24) is 34.5 Å². The van der Waals surface area contributed by atoms with Gasteiger partial charge < -0.3 is 10.4 Å². The number of anilines is 2. The van der Waals surface area contributed by atoms with Crippen LogP contribution in [0.5, 0.6) is 0 Å². The highest BCUT2D eigenvalue weighted by molar-refractivity contribution is 5.94. The van der Waals surface area contributed by atoms with Crippen LogP contribution in [0.25, 0.3) is 5.78 Å². The molecule has 0 radical (unpaired) electrons. The lowest BCUT2D eigenvalue weighted by Gasteiger charge is -2.17. The summed E-state index contributed by atoms with van der Waals surface area (Å²) in [6, 6.07) is 0. The Balaban J connectivity index is 2.40. The average molecular weight is 314 g/mol. The van der Waals surface area contributed by atoms with Crippen LogP contribution in [0.3, 0.4) is 0 Å². The number of aliphatic imine (C=N–C) groups is 1. The number of hydroxylamine groups is 2. The molecule has 0 aromatic carbocycles. The van der Waals surface area contributed by atoms with Gasteiger partial charge in [-0.1, -0.05) is 15.4 Å². The monoisotopic (exact) mass is 314 g/mol. The summed E-state index contributed by atoms with van der Waals surface area (Å²) in [5.74, 6) is -2.19. The van der Waals surface area contributed by atoms with Gasteiger partial charge in [0.2, 0.25) is 5.95 Å². The molecule has 0 atom stereocenters. The summed E-state index contributed by atoms with van der Waals surface area (Å²) in [6.45, 7) is 0. The van der Waals surface area contributed by atoms with E-state index in [0.29, 0.717) is 0 Å². The fourth-order valence-corrected chi connectivity index (χ4v) is 1.57. The van der Waals surface area contributed by atoms with E-state index in [-0.39, 0.29) is 17.7 Å². The second kappa shape index (κ2) is 4.60. The highest BCUT2D eigenvalue weighted by atomic mass is 16.8. The van der Waals surface area contributed by atoms with Gasteiger partial charge in [0, 0.05) is 0 Å². The Morgan fingerprint density at radius 1 is 1.05 bits per heavy atom. The third-order valence-electron chi connectivity index (χ3n) is 2.39. The number of rotatable bonds is 1. The topological polar surface area (TPSA) is 214 Å². The van der Waals surface area contributed by atoms with E-state index in [9.17, 15) is 5.21 Å². The molecular formula is C6H6N10O6. The summed E-state index contributed by atoms with van der Waals surface area (Å²) in [5.41, 5.74) is -0.760. The summed E-state index contributed by atoms with van der Waals surface area (Å²) in [5, 5.41) is 57.1. The fraction of sp³-hybridized carbons (Fsp3) is 0. The maximum Gasteiger partial charge on any atom is 0.474 e. The van der Waals surface area contributed by atoms with Crippen molar-refractivity contribution in [2.45, 2.75) is 0 Å². The molecule has 16 nitrogen and oxygen atoms in total. The second-order valence-corrected chi connectivity index (χ2v) is 3.72. The fourth-order valence-electron chi connectivity index (χ4n) is 1.57. The highest BCUT2D eigenvalue weighted by Crippen LogP contribution is 2.21. The predicted molar refractivity (Wildman–Crippen MR) is 61.2 cm³/mol. The van der Waals surface area contributed by atoms with Gasteiger partial charge in [-0.05, 0) is 9.97 Å². The number of guanidine groups is 1. The van der Waals surface area contributed by atoms with E-state index in [0.717, 1.165) is 4.40 Å². The van der Waals surface area contributed by atoms with Crippen molar-refractivity contribution in [3.63, 3.8) is 0 Å². The lowest BCUT2D eigenvalue weighted by atomic mass is 10.6. The van der Waals surface area contributed by atoms with E-state index in [1.807, 2.05) is 0 Å². The van der Waals surface area contributed by atoms with Crippen LogP contribution in [0.4, 0.5) is 17.8 Å². The van der Waals surface area contributed by atoms with Crippen molar-refractivity contribution < 1.29 is 26.0 Å². The van der Waals surface area contributed by atoms with E-state index in [1.165, 1.54) is 0 Å². The van der Waals surface area contributed by atoms with Gasteiger partial charge in [0.05, 0.1) is 0 Å². The first-order valence-electron chi connectivity index (χ1n) is 5.26. The molecule has 1 aliphatic rings. The van der Waals surface area contributed by atoms with Gasteiger partial charge in [-0.3, -0.25) is 26.1 Å². The van der Waals surface area contributed by atoms with E-state index in [2.05, 4.69) is 30.2 Å². The van der Waals surface area contributed by atoms with Crippen LogP contribution in [0.1, 0.15) is 0 Å². The van der Waals surface area contributed by atoms with E-state index < -0.39 is 32.9 Å². The van der Waals surface area contributed by atoms with Gasteiger partial charge in [-0.15, -0.1) is 0 Å². The Kier molecular flexibility index (Phi) is 2.85. The van der Waals surface area contributed by atoms with Crippen LogP contribution in [-0.2, 0) is 0 Å². The van der Waals surface area contributed by atoms with Gasteiger partial charge in [-0.25, -0.2) is 0 Å². The van der Waals surface area contributed by atoms with Crippen LogP contribution in [-0.4, -0.2) is 61.6 Å². The number of nitrogens with one attached hydrogen (secondary N) is 1. The minimum atomic E-state index is -0.760. The number of aromatic nitrogens is 5. The maximum atomic E-state index is 10.9. The molecular weight excluding hydrogens is 308 g/mol. The summed E-state index contributed by atoms with van der Waals surface area (Å²) in [4.78, 5) is 17.3. The molecule has 0 fully saturated rings. The molecule has 3 heterocycles. The Labute approximate surface area is 117 Å². The predicted octanol–water partition coefficient (Wildman–Crippen LogP) is -2.74. The molecule has 0 aliphatic carbocycles. The minimum absolute atomic E-state index is 0.253. The number of hydrogen-bond acceptors (Lipinski definition) is 14. The summed E-state index contributed by atoms with van der Waals surface area (Å²) in [7, 11) is 0. The SMILES string of the molecule is [O-][N+](O)=c1nc2n3c(nc(N(O)O)nc3n1)N=C(N(O)O)N2. The second-order valence-electron chi connectivity index (χ2n) is 3.72. The summed E-state index contributed by atoms with van der Waals surface area (Å²) >= 11 is 0. The zero-order valence-electron chi connectivity index (χ0n) is 10.2. The molecule has 1 aliphatic heterocycles. The highest BCUT2D eigenvalue weighted by Gasteiger charge is 2.26. The van der Waals surface area contributed by atoms with Crippen molar-refractivity contribution in [2.24, 2.45) is 4.99 Å². The molecule has 0 bridgehead atoms. The van der Waals surface area contributed by atoms with Gasteiger partial charge in [0.15, 0.2) is 0 Å². The van der Waals surface area contributed by atoms with Crippen molar-refractivity contribution in [3.8, 4) is 0 Å². The quantitative estimate of drug-likeness (QED) is 0.233. The standard InChI is InChI=1S/C6H6N10O6/c17-14(18)4-7-1-8-5(15(19)20)10-3-12-6(16(21)22)11-2(9-4)13(1)3/h17-20H,(H,21,22)(H,7,8,9,10,11,12). The van der Waals surface area contributed by atoms with Crippen LogP contribution in [0.15, 0.2) is 4.99 Å². The third kappa shape index (κ3) is 2.05. The van der Waals surface area contributed by atoms with E-state index >= 15 is 0 Å². The Morgan fingerprint density at radius 2 is 1.77 bits per heavy atom. The molecule has 16 heteroatoms. The molecule has 3 rings (SSSR count). The van der Waals surface area contributed by atoms with E-state index in [4.69, 9.17) is 26.0 Å². The first kappa shape index (κ1) is 13.6. The molecule has 0 spiro atoms. The molecule has 2 aromatic rings. The Bertz CT molecular complexity index is 853. The number of hydrogen-bond donors (Lipinski definition) is 6. The first-order valence-corrected chi connectivity index (χ1v) is 5.26. The average Bonchev–Trinajstić information content (AvgIpc) is 2.46. The zero-order chi connectivity index (χ0) is 16.0. The van der Waals surface area contributed by atoms with Crippen LogP contribution >= 0.6 is 0 Å².